The van der Waals surface area contributed by atoms with Gasteiger partial charge in [-0.25, -0.2) is 0 Å². The number of carbonyl (C=O) groups is 1. The van der Waals surface area contributed by atoms with Gasteiger partial charge in [0.05, 0.1) is 0 Å². The van der Waals surface area contributed by atoms with E-state index in [-0.39, 0.29) is 0 Å². The van der Waals surface area contributed by atoms with E-state index in [4.69, 9.17) is 0 Å². The summed E-state index contributed by atoms with van der Waals surface area (Å²) in [5.74, 6) is 0.976. The Hall–Kier alpha value is -0.810. The molecule has 0 bridgehead atoms. The van der Waals surface area contributed by atoms with Crippen molar-refractivity contribution in [3.63, 3.8) is 0 Å². The van der Waals surface area contributed by atoms with Gasteiger partial charge in [-0.3, -0.25) is 4.79 Å². The van der Waals surface area contributed by atoms with Crippen molar-refractivity contribution in [2.75, 3.05) is 0 Å². The molecular formula is C9H12O. The van der Waals surface area contributed by atoms with Gasteiger partial charge in [0.15, 0.2) is 0 Å². The minimum Gasteiger partial charge on any atom is -0.300 e. The summed E-state index contributed by atoms with van der Waals surface area (Å²) < 4.78 is 0. The second-order valence-electron chi connectivity index (χ2n) is 2.75. The normalized spacial score (nSPS) is 20.2. The van der Waals surface area contributed by atoms with Gasteiger partial charge in [0.25, 0.3) is 0 Å². The average Bonchev–Trinajstić information content (AvgIpc) is 1.95. The van der Waals surface area contributed by atoms with E-state index in [0.29, 0.717) is 11.7 Å². The Morgan fingerprint density at radius 3 is 2.60 bits per heavy atom. The number of ketones is 1. The highest BCUT2D eigenvalue weighted by Crippen LogP contribution is 2.21. The molecule has 1 saturated carbocycles. The second kappa shape index (κ2) is 3.38. The minimum atomic E-state index is 0.411. The maximum absolute atomic E-state index is 10.8. The van der Waals surface area contributed by atoms with E-state index in [1.54, 1.807) is 0 Å². The van der Waals surface area contributed by atoms with E-state index in [1.165, 1.54) is 0 Å². The maximum atomic E-state index is 10.8. The maximum Gasteiger partial charge on any atom is 0.132 e. The van der Waals surface area contributed by atoms with Gasteiger partial charge in [0, 0.05) is 12.8 Å². The van der Waals surface area contributed by atoms with E-state index >= 15 is 0 Å². The molecule has 0 aromatic heterocycles. The summed E-state index contributed by atoms with van der Waals surface area (Å²) in [5.41, 5.74) is 2.77. The van der Waals surface area contributed by atoms with Crippen LogP contribution in [0.25, 0.3) is 0 Å². The Kier molecular flexibility index (Phi) is 2.47. The highest BCUT2D eigenvalue weighted by atomic mass is 16.1. The molecule has 1 heteroatoms. The van der Waals surface area contributed by atoms with Gasteiger partial charge in [0.2, 0.25) is 0 Å². The topological polar surface area (TPSA) is 17.1 Å². The molecule has 0 N–H and O–H groups in total. The molecule has 0 spiro atoms. The van der Waals surface area contributed by atoms with Crippen LogP contribution in [0.2, 0.25) is 0 Å². The van der Waals surface area contributed by atoms with Gasteiger partial charge >= 0.3 is 0 Å². The lowest BCUT2D eigenvalue weighted by atomic mass is 9.88. The van der Waals surface area contributed by atoms with Crippen LogP contribution in [0.4, 0.5) is 0 Å². The van der Waals surface area contributed by atoms with E-state index < -0.39 is 0 Å². The Balaban J connectivity index is 2.39. The van der Waals surface area contributed by atoms with Crippen LogP contribution < -0.4 is 0 Å². The molecule has 1 rings (SSSR count). The van der Waals surface area contributed by atoms with Crippen LogP contribution in [-0.2, 0) is 4.79 Å². The molecule has 0 amide bonds. The minimum absolute atomic E-state index is 0.411. The van der Waals surface area contributed by atoms with Gasteiger partial charge in [-0.05, 0) is 24.8 Å². The van der Waals surface area contributed by atoms with Crippen molar-refractivity contribution in [1.82, 2.24) is 0 Å². The van der Waals surface area contributed by atoms with Gasteiger partial charge < -0.3 is 0 Å². The monoisotopic (exact) mass is 136 g/mol. The third-order valence-corrected chi connectivity index (χ3v) is 1.94. The van der Waals surface area contributed by atoms with Crippen molar-refractivity contribution in [3.05, 3.63) is 18.4 Å². The van der Waals surface area contributed by atoms with Crippen molar-refractivity contribution in [2.45, 2.75) is 25.7 Å². The zero-order valence-corrected chi connectivity index (χ0v) is 6.10. The number of hydrogen-bond acceptors (Lipinski definition) is 1. The fourth-order valence-corrected chi connectivity index (χ4v) is 1.30. The van der Waals surface area contributed by atoms with Crippen LogP contribution in [-0.4, -0.2) is 5.78 Å². The Labute approximate surface area is 61.4 Å². The molecule has 1 nitrogen and oxygen atoms in total. The molecule has 0 aromatic carbocycles. The van der Waals surface area contributed by atoms with Crippen molar-refractivity contribution >= 4 is 5.78 Å². The van der Waals surface area contributed by atoms with Crippen LogP contribution in [0.5, 0.6) is 0 Å². The molecule has 0 aliphatic heterocycles. The molecular weight excluding hydrogens is 124 g/mol. The van der Waals surface area contributed by atoms with Crippen LogP contribution >= 0.6 is 0 Å². The largest absolute Gasteiger partial charge is 0.300 e. The molecule has 0 saturated heterocycles. The second-order valence-corrected chi connectivity index (χ2v) is 2.75. The fraction of sp³-hybridized carbons (Fsp3) is 0.556. The Morgan fingerprint density at radius 2 is 2.10 bits per heavy atom. The highest BCUT2D eigenvalue weighted by molar-refractivity contribution is 5.79. The molecule has 0 heterocycles. The van der Waals surface area contributed by atoms with Crippen molar-refractivity contribution in [1.29, 1.82) is 0 Å². The summed E-state index contributed by atoms with van der Waals surface area (Å²) >= 11 is 0. The lowest BCUT2D eigenvalue weighted by Crippen LogP contribution is -2.11. The third-order valence-electron chi connectivity index (χ3n) is 1.94. The van der Waals surface area contributed by atoms with Crippen LogP contribution in [0.3, 0.4) is 0 Å². The SMILES string of the molecule is C=C=CC1CCC(=O)CC1. The zero-order chi connectivity index (χ0) is 7.40. The van der Waals surface area contributed by atoms with E-state index in [9.17, 15) is 4.79 Å². The van der Waals surface area contributed by atoms with Gasteiger partial charge in [0.1, 0.15) is 5.78 Å². The van der Waals surface area contributed by atoms with Crippen molar-refractivity contribution < 1.29 is 4.79 Å². The standard InChI is InChI=1S/C9H12O/c1-2-3-8-4-6-9(10)7-5-8/h3,8H,1,4-7H2. The summed E-state index contributed by atoms with van der Waals surface area (Å²) in [6.07, 6.45) is 5.49. The van der Waals surface area contributed by atoms with Crippen LogP contribution in [0, 0.1) is 5.92 Å². The van der Waals surface area contributed by atoms with Gasteiger partial charge in [-0.15, -0.1) is 5.73 Å². The third kappa shape index (κ3) is 1.85. The summed E-state index contributed by atoms with van der Waals surface area (Å²) in [6.45, 7) is 3.51. The van der Waals surface area contributed by atoms with E-state index in [2.05, 4.69) is 12.3 Å². The number of allylic oxidation sites excluding steroid dienone is 1. The average molecular weight is 136 g/mol. The number of carbonyl (C=O) groups excluding carboxylic acids is 1. The predicted octanol–water partition coefficient (Wildman–Crippen LogP) is 2.09. The smallest absolute Gasteiger partial charge is 0.132 e. The molecule has 0 radical (unpaired) electrons. The summed E-state index contributed by atoms with van der Waals surface area (Å²) in [6, 6.07) is 0. The number of hydrogen-bond donors (Lipinski definition) is 0. The van der Waals surface area contributed by atoms with Crippen molar-refractivity contribution in [3.8, 4) is 0 Å². The number of rotatable bonds is 1. The molecule has 1 aliphatic rings. The van der Waals surface area contributed by atoms with Crippen molar-refractivity contribution in [2.24, 2.45) is 5.92 Å². The Morgan fingerprint density at radius 1 is 1.50 bits per heavy atom. The summed E-state index contributed by atoms with van der Waals surface area (Å²) in [5, 5.41) is 0. The quantitative estimate of drug-likeness (QED) is 0.504. The van der Waals surface area contributed by atoms with E-state index in [0.717, 1.165) is 25.7 Å². The lowest BCUT2D eigenvalue weighted by molar-refractivity contribution is -0.120. The lowest BCUT2D eigenvalue weighted by Gasteiger charge is -2.15. The van der Waals surface area contributed by atoms with Crippen LogP contribution in [0.1, 0.15) is 25.7 Å². The first-order valence-electron chi connectivity index (χ1n) is 3.70. The molecule has 0 unspecified atom stereocenters. The first-order chi connectivity index (χ1) is 4.83. The summed E-state index contributed by atoms with van der Waals surface area (Å²) in [4.78, 5) is 10.8. The summed E-state index contributed by atoms with van der Waals surface area (Å²) in [7, 11) is 0. The van der Waals surface area contributed by atoms with Crippen LogP contribution in [0.15, 0.2) is 18.4 Å². The molecule has 1 aliphatic carbocycles. The molecule has 54 valence electrons. The molecule has 0 aromatic rings. The highest BCUT2D eigenvalue weighted by Gasteiger charge is 2.15. The zero-order valence-electron chi connectivity index (χ0n) is 6.10. The first-order valence-corrected chi connectivity index (χ1v) is 3.70. The van der Waals surface area contributed by atoms with E-state index in [1.807, 2.05) is 6.08 Å². The predicted molar refractivity (Wildman–Crippen MR) is 40.7 cm³/mol. The van der Waals surface area contributed by atoms with Gasteiger partial charge in [-0.2, -0.15) is 0 Å². The first kappa shape index (κ1) is 7.30. The molecule has 1 fully saturated rings. The fourth-order valence-electron chi connectivity index (χ4n) is 1.30. The molecule has 0 atom stereocenters. The number of Topliss-reactive ketones (excluding diaryl/α,β-unsaturated/α-hetero) is 1. The Bertz CT molecular complexity index is 165. The van der Waals surface area contributed by atoms with Gasteiger partial charge in [-0.1, -0.05) is 6.58 Å². The molecule has 10 heavy (non-hydrogen) atoms.